The number of nitrogens with zero attached hydrogens (tertiary/aromatic N) is 1. The molecule has 0 radical (unpaired) electrons. The Morgan fingerprint density at radius 1 is 0.973 bits per heavy atom. The number of hydrogen-bond acceptors (Lipinski definition) is 5. The number of rotatable bonds is 9. The largest absolute Gasteiger partial charge is 0.573 e. The second-order valence-corrected chi connectivity index (χ2v) is 8.75. The lowest BCUT2D eigenvalue weighted by Gasteiger charge is -2.14. The van der Waals surface area contributed by atoms with Gasteiger partial charge < -0.3 is 19.1 Å². The molecule has 1 fully saturated rings. The van der Waals surface area contributed by atoms with E-state index in [4.69, 9.17) is 14.4 Å². The molecule has 1 saturated carbocycles. The van der Waals surface area contributed by atoms with Crippen molar-refractivity contribution in [2.45, 2.75) is 38.1 Å². The Bertz CT molecular complexity index is 1430. The van der Waals surface area contributed by atoms with Gasteiger partial charge in [-0.1, -0.05) is 59.8 Å². The van der Waals surface area contributed by atoms with Crippen molar-refractivity contribution in [1.82, 2.24) is 5.16 Å². The Labute approximate surface area is 210 Å². The molecule has 4 aromatic rings. The minimum Gasteiger partial charge on any atom is -0.488 e. The van der Waals surface area contributed by atoms with Crippen molar-refractivity contribution >= 4 is 5.97 Å². The van der Waals surface area contributed by atoms with Gasteiger partial charge in [-0.05, 0) is 42.2 Å². The molecule has 9 heteroatoms. The van der Waals surface area contributed by atoms with Gasteiger partial charge in [0.15, 0.2) is 0 Å². The highest BCUT2D eigenvalue weighted by atomic mass is 19.4. The fourth-order valence-electron chi connectivity index (χ4n) is 4.22. The van der Waals surface area contributed by atoms with E-state index in [2.05, 4.69) is 9.89 Å². The van der Waals surface area contributed by atoms with Crippen LogP contribution in [0.1, 0.15) is 35.6 Å². The van der Waals surface area contributed by atoms with E-state index in [1.54, 1.807) is 30.3 Å². The molecule has 5 rings (SSSR count). The highest BCUT2D eigenvalue weighted by molar-refractivity contribution is 5.74. The van der Waals surface area contributed by atoms with E-state index in [9.17, 15) is 18.0 Å². The van der Waals surface area contributed by atoms with Crippen LogP contribution in [0.25, 0.3) is 22.4 Å². The zero-order chi connectivity index (χ0) is 26.0. The van der Waals surface area contributed by atoms with E-state index >= 15 is 0 Å². The Kier molecular flexibility index (Phi) is 6.60. The molecule has 1 aromatic heterocycles. The minimum absolute atomic E-state index is 0.0108. The van der Waals surface area contributed by atoms with Crippen LogP contribution in [-0.2, 0) is 17.8 Å². The smallest absolute Gasteiger partial charge is 0.488 e. The first-order valence-corrected chi connectivity index (χ1v) is 11.6. The van der Waals surface area contributed by atoms with Crippen molar-refractivity contribution in [3.05, 3.63) is 89.7 Å². The Balaban J connectivity index is 1.47. The number of ether oxygens (including phenoxy) is 2. The predicted octanol–water partition coefficient (Wildman–Crippen LogP) is 6.99. The lowest BCUT2D eigenvalue weighted by Crippen LogP contribution is -2.17. The minimum atomic E-state index is -4.86. The van der Waals surface area contributed by atoms with Crippen LogP contribution >= 0.6 is 0 Å². The number of hydrogen-bond donors (Lipinski definition) is 1. The normalized spacial score (nSPS) is 13.4. The molecule has 190 valence electrons. The highest BCUT2D eigenvalue weighted by Gasteiger charge is 2.36. The molecule has 0 saturated heterocycles. The van der Waals surface area contributed by atoms with Crippen molar-refractivity contribution < 1.29 is 37.1 Å². The number of halogens is 3. The summed E-state index contributed by atoms with van der Waals surface area (Å²) in [7, 11) is 0. The number of aliphatic carboxylic acids is 1. The van der Waals surface area contributed by atoms with Crippen LogP contribution in [0.15, 0.2) is 77.3 Å². The molecule has 0 unspecified atom stereocenters. The Morgan fingerprint density at radius 2 is 1.68 bits per heavy atom. The molecule has 1 aliphatic rings. The first-order chi connectivity index (χ1) is 17.8. The standard InChI is InChI=1S/C28H22F3NO5/c29-28(30,31)36-24-11-4-2-9-21(24)26-22(27(37-32-26)18-12-13-18)16-35-23-10-3-1-8-20(23)19-7-5-6-17(14-19)15-25(33)34/h1-11,14,18H,12-13,15-16H2,(H,33,34). The van der Waals surface area contributed by atoms with E-state index in [1.807, 2.05) is 24.3 Å². The van der Waals surface area contributed by atoms with Gasteiger partial charge in [-0.25, -0.2) is 0 Å². The van der Waals surface area contributed by atoms with Gasteiger partial charge in [-0.15, -0.1) is 13.2 Å². The molecule has 0 bridgehead atoms. The molecule has 1 heterocycles. The van der Waals surface area contributed by atoms with Crippen LogP contribution in [0.4, 0.5) is 13.2 Å². The first-order valence-electron chi connectivity index (χ1n) is 11.6. The topological polar surface area (TPSA) is 81.8 Å². The number of carboxylic acid groups (broad SMARTS) is 1. The molecule has 1 N–H and O–H groups in total. The maximum Gasteiger partial charge on any atom is 0.573 e. The second kappa shape index (κ2) is 10.0. The van der Waals surface area contributed by atoms with E-state index in [-0.39, 0.29) is 36.0 Å². The SMILES string of the molecule is O=C(O)Cc1cccc(-c2ccccc2OCc2c(-c3ccccc3OC(F)(F)F)noc2C2CC2)c1. The lowest BCUT2D eigenvalue weighted by atomic mass is 10.0. The third-order valence-electron chi connectivity index (χ3n) is 5.99. The summed E-state index contributed by atoms with van der Waals surface area (Å²) in [6, 6.07) is 20.3. The molecule has 37 heavy (non-hydrogen) atoms. The Hall–Kier alpha value is -4.27. The summed E-state index contributed by atoms with van der Waals surface area (Å²) in [4.78, 5) is 11.1. The van der Waals surface area contributed by atoms with Gasteiger partial charge in [0.05, 0.1) is 12.0 Å². The van der Waals surface area contributed by atoms with Crippen LogP contribution in [0.3, 0.4) is 0 Å². The summed E-state index contributed by atoms with van der Waals surface area (Å²) >= 11 is 0. The average molecular weight is 509 g/mol. The fraction of sp³-hybridized carbons (Fsp3) is 0.214. The number of benzene rings is 3. The third kappa shape index (κ3) is 5.77. The van der Waals surface area contributed by atoms with Crippen molar-refractivity contribution in [2.75, 3.05) is 0 Å². The molecule has 0 atom stereocenters. The van der Waals surface area contributed by atoms with E-state index in [1.165, 1.54) is 18.2 Å². The lowest BCUT2D eigenvalue weighted by molar-refractivity contribution is -0.274. The monoisotopic (exact) mass is 509 g/mol. The number of carboxylic acids is 1. The third-order valence-corrected chi connectivity index (χ3v) is 5.99. The molecular formula is C28H22F3NO5. The van der Waals surface area contributed by atoms with Crippen molar-refractivity contribution in [2.24, 2.45) is 0 Å². The molecule has 0 aliphatic heterocycles. The van der Waals surface area contributed by atoms with Gasteiger partial charge in [0.1, 0.15) is 29.6 Å². The molecule has 3 aromatic carbocycles. The fourth-order valence-corrected chi connectivity index (χ4v) is 4.22. The zero-order valence-corrected chi connectivity index (χ0v) is 19.5. The number of alkyl halides is 3. The number of para-hydroxylation sites is 2. The van der Waals surface area contributed by atoms with Crippen LogP contribution in [-0.4, -0.2) is 22.6 Å². The second-order valence-electron chi connectivity index (χ2n) is 8.75. The summed E-state index contributed by atoms with van der Waals surface area (Å²) in [6.45, 7) is 0.0108. The van der Waals surface area contributed by atoms with Crippen molar-refractivity contribution in [1.29, 1.82) is 0 Å². The number of aromatic nitrogens is 1. The van der Waals surface area contributed by atoms with E-state index < -0.39 is 12.3 Å². The summed E-state index contributed by atoms with van der Waals surface area (Å²) in [6.07, 6.45) is -3.17. The van der Waals surface area contributed by atoms with Gasteiger partial charge in [0, 0.05) is 17.0 Å². The molecule has 6 nitrogen and oxygen atoms in total. The first kappa shape index (κ1) is 24.4. The van der Waals surface area contributed by atoms with Crippen LogP contribution in [0, 0.1) is 0 Å². The van der Waals surface area contributed by atoms with Crippen LogP contribution in [0.5, 0.6) is 11.5 Å². The molecular weight excluding hydrogens is 487 g/mol. The van der Waals surface area contributed by atoms with Gasteiger partial charge >= 0.3 is 12.3 Å². The summed E-state index contributed by atoms with van der Waals surface area (Å²) in [5.41, 5.74) is 3.15. The summed E-state index contributed by atoms with van der Waals surface area (Å²) < 4.78 is 55.1. The zero-order valence-electron chi connectivity index (χ0n) is 19.5. The average Bonchev–Trinajstić information content (AvgIpc) is 3.61. The quantitative estimate of drug-likeness (QED) is 0.262. The van der Waals surface area contributed by atoms with Gasteiger partial charge in [0.25, 0.3) is 0 Å². The highest BCUT2D eigenvalue weighted by Crippen LogP contribution is 2.46. The summed E-state index contributed by atoms with van der Waals surface area (Å²) in [5.74, 6) is -0.0356. The maximum absolute atomic E-state index is 13.0. The number of carbonyl (C=O) groups is 1. The van der Waals surface area contributed by atoms with Crippen molar-refractivity contribution in [3.63, 3.8) is 0 Å². The van der Waals surface area contributed by atoms with Gasteiger partial charge in [-0.3, -0.25) is 4.79 Å². The Morgan fingerprint density at radius 3 is 2.38 bits per heavy atom. The van der Waals surface area contributed by atoms with Crippen LogP contribution in [0.2, 0.25) is 0 Å². The van der Waals surface area contributed by atoms with Crippen molar-refractivity contribution in [3.8, 4) is 33.9 Å². The van der Waals surface area contributed by atoms with Gasteiger partial charge in [-0.2, -0.15) is 0 Å². The molecule has 0 amide bonds. The predicted molar refractivity (Wildman–Crippen MR) is 128 cm³/mol. The van der Waals surface area contributed by atoms with E-state index in [0.717, 1.165) is 24.0 Å². The van der Waals surface area contributed by atoms with E-state index in [0.29, 0.717) is 22.6 Å². The summed E-state index contributed by atoms with van der Waals surface area (Å²) in [5, 5.41) is 13.3. The van der Waals surface area contributed by atoms with Gasteiger partial charge in [0.2, 0.25) is 0 Å². The molecule has 0 spiro atoms. The van der Waals surface area contributed by atoms with Crippen LogP contribution < -0.4 is 9.47 Å². The molecule has 1 aliphatic carbocycles. The maximum atomic E-state index is 13.0.